The molecule has 56 valence electrons. The van der Waals surface area contributed by atoms with E-state index in [0.29, 0.717) is 10.8 Å². The summed E-state index contributed by atoms with van der Waals surface area (Å²) in [6, 6.07) is 0. The molecule has 0 aromatic heterocycles. The number of allylic oxidation sites excluding steroid dienone is 1. The van der Waals surface area contributed by atoms with Crippen molar-refractivity contribution in [2.24, 2.45) is 22.7 Å². The summed E-state index contributed by atoms with van der Waals surface area (Å²) in [6.07, 6.45) is 3.61. The van der Waals surface area contributed by atoms with Crippen molar-refractivity contribution in [2.75, 3.05) is 0 Å². The second-order valence-corrected chi connectivity index (χ2v) is 4.44. The van der Waals surface area contributed by atoms with E-state index >= 15 is 0 Å². The minimum atomic E-state index is 0.598. The van der Waals surface area contributed by atoms with Crippen LogP contribution < -0.4 is 0 Å². The highest BCUT2D eigenvalue weighted by Gasteiger charge is 2.85. The van der Waals surface area contributed by atoms with Crippen LogP contribution in [0.15, 0.2) is 12.7 Å². The molecule has 3 unspecified atom stereocenters. The van der Waals surface area contributed by atoms with E-state index in [-0.39, 0.29) is 0 Å². The first-order chi connectivity index (χ1) is 4.59. The van der Waals surface area contributed by atoms with Crippen molar-refractivity contribution in [2.45, 2.75) is 27.2 Å². The van der Waals surface area contributed by atoms with Crippen molar-refractivity contribution in [1.29, 1.82) is 0 Å². The molecule has 2 aliphatic carbocycles. The SMILES string of the molecule is C=CC12CC1C2(C)C(C)C. The van der Waals surface area contributed by atoms with Crippen LogP contribution in [0.2, 0.25) is 0 Å². The van der Waals surface area contributed by atoms with Crippen molar-refractivity contribution in [1.82, 2.24) is 0 Å². The van der Waals surface area contributed by atoms with E-state index in [4.69, 9.17) is 0 Å². The Balaban J connectivity index is 2.19. The van der Waals surface area contributed by atoms with Crippen LogP contribution in [0.3, 0.4) is 0 Å². The van der Waals surface area contributed by atoms with Gasteiger partial charge in [0.25, 0.3) is 0 Å². The number of hydrogen-bond donors (Lipinski definition) is 0. The standard InChI is InChI=1S/C10H16/c1-5-10-6-8(10)9(10,4)7(2)3/h5,7-8H,1,6H2,2-4H3. The second-order valence-electron chi connectivity index (χ2n) is 4.44. The van der Waals surface area contributed by atoms with Crippen molar-refractivity contribution >= 4 is 0 Å². The molecule has 10 heavy (non-hydrogen) atoms. The third-order valence-electron chi connectivity index (χ3n) is 4.21. The van der Waals surface area contributed by atoms with E-state index in [9.17, 15) is 0 Å². The van der Waals surface area contributed by atoms with Crippen molar-refractivity contribution in [3.8, 4) is 0 Å². The summed E-state index contributed by atoms with van der Waals surface area (Å²) >= 11 is 0. The lowest BCUT2D eigenvalue weighted by molar-refractivity contribution is 0.258. The summed E-state index contributed by atoms with van der Waals surface area (Å²) in [4.78, 5) is 0. The smallest absolute Gasteiger partial charge is 0.00244 e. The maximum Gasteiger partial charge on any atom is -0.00244 e. The van der Waals surface area contributed by atoms with Gasteiger partial charge in [-0.1, -0.05) is 26.8 Å². The quantitative estimate of drug-likeness (QED) is 0.512. The van der Waals surface area contributed by atoms with Crippen LogP contribution in [0.5, 0.6) is 0 Å². The Kier molecular flexibility index (Phi) is 0.867. The summed E-state index contributed by atoms with van der Waals surface area (Å²) in [7, 11) is 0. The molecule has 2 rings (SSSR count). The molecule has 0 radical (unpaired) electrons. The predicted octanol–water partition coefficient (Wildman–Crippen LogP) is 2.85. The maximum absolute atomic E-state index is 3.91. The first-order valence-electron chi connectivity index (χ1n) is 4.23. The predicted molar refractivity (Wildman–Crippen MR) is 43.7 cm³/mol. The largest absolute Gasteiger partial charge is 0.102 e. The van der Waals surface area contributed by atoms with Gasteiger partial charge in [0.05, 0.1) is 0 Å². The van der Waals surface area contributed by atoms with E-state index in [1.54, 1.807) is 0 Å². The van der Waals surface area contributed by atoms with Gasteiger partial charge in [-0.05, 0) is 29.1 Å². The third kappa shape index (κ3) is 0.372. The average molecular weight is 136 g/mol. The molecule has 0 spiro atoms. The zero-order chi connectivity index (χ0) is 7.57. The topological polar surface area (TPSA) is 0 Å². The normalized spacial score (nSPS) is 56.2. The molecule has 0 N–H and O–H groups in total. The first kappa shape index (κ1) is 6.45. The van der Waals surface area contributed by atoms with Gasteiger partial charge in [0.1, 0.15) is 0 Å². The fraction of sp³-hybridized carbons (Fsp3) is 0.800. The fourth-order valence-electron chi connectivity index (χ4n) is 2.81. The van der Waals surface area contributed by atoms with Crippen LogP contribution in [-0.2, 0) is 0 Å². The Morgan fingerprint density at radius 3 is 2.30 bits per heavy atom. The molecular formula is C10H16. The number of fused-ring (bicyclic) bond motifs is 1. The monoisotopic (exact) mass is 136 g/mol. The van der Waals surface area contributed by atoms with Crippen LogP contribution in [0.1, 0.15) is 27.2 Å². The highest BCUT2D eigenvalue weighted by molar-refractivity contribution is 5.39. The molecule has 0 aromatic rings. The molecule has 0 aliphatic heterocycles. The van der Waals surface area contributed by atoms with Crippen molar-refractivity contribution < 1.29 is 0 Å². The van der Waals surface area contributed by atoms with Crippen LogP contribution in [0.4, 0.5) is 0 Å². The summed E-state index contributed by atoms with van der Waals surface area (Å²) in [5.74, 6) is 1.83. The van der Waals surface area contributed by atoms with Crippen LogP contribution in [-0.4, -0.2) is 0 Å². The summed E-state index contributed by atoms with van der Waals surface area (Å²) < 4.78 is 0. The van der Waals surface area contributed by atoms with Gasteiger partial charge < -0.3 is 0 Å². The molecule has 0 aromatic carbocycles. The van der Waals surface area contributed by atoms with Gasteiger partial charge in [-0.2, -0.15) is 0 Å². The zero-order valence-electron chi connectivity index (χ0n) is 7.15. The van der Waals surface area contributed by atoms with Crippen molar-refractivity contribution in [3.63, 3.8) is 0 Å². The highest BCUT2D eigenvalue weighted by Crippen LogP contribution is 2.90. The molecule has 0 saturated heterocycles. The molecular weight excluding hydrogens is 120 g/mol. The second kappa shape index (κ2) is 1.34. The lowest BCUT2D eigenvalue weighted by Gasteiger charge is -2.25. The lowest BCUT2D eigenvalue weighted by Crippen LogP contribution is -2.18. The molecule has 0 nitrogen and oxygen atoms in total. The molecule has 0 bridgehead atoms. The van der Waals surface area contributed by atoms with Gasteiger partial charge in [0.15, 0.2) is 0 Å². The fourth-order valence-corrected chi connectivity index (χ4v) is 2.81. The molecule has 2 aliphatic rings. The highest BCUT2D eigenvalue weighted by atomic mass is 14.9. The average Bonchev–Trinajstić information content (AvgIpc) is 2.71. The van der Waals surface area contributed by atoms with Gasteiger partial charge in [0.2, 0.25) is 0 Å². The molecule has 3 atom stereocenters. The molecule has 0 amide bonds. The van der Waals surface area contributed by atoms with Gasteiger partial charge in [-0.3, -0.25) is 0 Å². The summed E-state index contributed by atoms with van der Waals surface area (Å²) in [6.45, 7) is 11.0. The Hall–Kier alpha value is -0.260. The van der Waals surface area contributed by atoms with Crippen LogP contribution in [0, 0.1) is 22.7 Å². The Bertz CT molecular complexity index is 192. The van der Waals surface area contributed by atoms with E-state index in [0.717, 1.165) is 11.8 Å². The summed E-state index contributed by atoms with van der Waals surface area (Å²) in [5, 5.41) is 0. The Labute approximate surface area is 63.3 Å². The van der Waals surface area contributed by atoms with Gasteiger partial charge in [-0.15, -0.1) is 6.58 Å². The third-order valence-corrected chi connectivity index (χ3v) is 4.21. The molecule has 0 heteroatoms. The van der Waals surface area contributed by atoms with Crippen molar-refractivity contribution in [3.05, 3.63) is 12.7 Å². The molecule has 2 fully saturated rings. The lowest BCUT2D eigenvalue weighted by atomic mass is 9.80. The van der Waals surface area contributed by atoms with Crippen LogP contribution >= 0.6 is 0 Å². The first-order valence-corrected chi connectivity index (χ1v) is 4.23. The Morgan fingerprint density at radius 1 is 1.60 bits per heavy atom. The van der Waals surface area contributed by atoms with Gasteiger partial charge in [-0.25, -0.2) is 0 Å². The number of rotatable bonds is 2. The minimum absolute atomic E-state index is 0.598. The minimum Gasteiger partial charge on any atom is -0.102 e. The van der Waals surface area contributed by atoms with E-state index in [2.05, 4.69) is 33.4 Å². The zero-order valence-corrected chi connectivity index (χ0v) is 7.15. The van der Waals surface area contributed by atoms with E-state index < -0.39 is 0 Å². The molecule has 0 heterocycles. The van der Waals surface area contributed by atoms with Gasteiger partial charge in [0, 0.05) is 0 Å². The Morgan fingerprint density at radius 2 is 2.20 bits per heavy atom. The van der Waals surface area contributed by atoms with Crippen LogP contribution in [0.25, 0.3) is 0 Å². The van der Waals surface area contributed by atoms with E-state index in [1.807, 2.05) is 0 Å². The number of hydrogen-bond acceptors (Lipinski definition) is 0. The maximum atomic E-state index is 3.91. The molecule has 2 saturated carbocycles. The van der Waals surface area contributed by atoms with Gasteiger partial charge >= 0.3 is 0 Å². The van der Waals surface area contributed by atoms with E-state index in [1.165, 1.54) is 6.42 Å². The summed E-state index contributed by atoms with van der Waals surface area (Å²) in [5.41, 5.74) is 1.23.